The monoisotopic (exact) mass is 512 g/mol. The summed E-state index contributed by atoms with van der Waals surface area (Å²) in [6, 6.07) is 51.9. The first-order valence-corrected chi connectivity index (χ1v) is 13.7. The molecule has 0 aliphatic heterocycles. The normalized spacial score (nSPS) is 11.1. The van der Waals surface area contributed by atoms with E-state index in [4.69, 9.17) is 5.10 Å². The van der Waals surface area contributed by atoms with E-state index in [1.165, 1.54) is 55.3 Å². The second-order valence-corrected chi connectivity index (χ2v) is 10.1. The Bertz CT molecular complexity index is 1920. The number of rotatable bonds is 5. The van der Waals surface area contributed by atoms with Crippen molar-refractivity contribution in [1.82, 2.24) is 9.78 Å². The van der Waals surface area contributed by atoms with Gasteiger partial charge in [0.05, 0.1) is 11.4 Å². The molecule has 0 N–H and O–H groups in total. The van der Waals surface area contributed by atoms with Gasteiger partial charge in [-0.15, -0.1) is 0 Å². The fourth-order valence-electron chi connectivity index (χ4n) is 5.85. The van der Waals surface area contributed by atoms with Gasteiger partial charge >= 0.3 is 0 Å². The van der Waals surface area contributed by atoms with Crippen molar-refractivity contribution in [2.75, 3.05) is 0 Å². The summed E-state index contributed by atoms with van der Waals surface area (Å²) in [5, 5.41) is 7.26. The van der Waals surface area contributed by atoms with Gasteiger partial charge in [-0.2, -0.15) is 5.10 Å². The number of aromatic nitrogens is 2. The molecule has 0 aliphatic carbocycles. The van der Waals surface area contributed by atoms with Crippen LogP contribution >= 0.6 is 0 Å². The van der Waals surface area contributed by atoms with Gasteiger partial charge in [-0.05, 0) is 63.4 Å². The summed E-state index contributed by atoms with van der Waals surface area (Å²) in [6.45, 7) is 2.04. The van der Waals surface area contributed by atoms with Crippen LogP contribution in [-0.2, 0) is 0 Å². The zero-order chi connectivity index (χ0) is 26.9. The van der Waals surface area contributed by atoms with Crippen LogP contribution in [-0.4, -0.2) is 9.78 Å². The molecule has 0 spiro atoms. The Morgan fingerprint density at radius 2 is 0.875 bits per heavy atom. The fraction of sp³-hybridized carbons (Fsp3) is 0.0263. The predicted molar refractivity (Wildman–Crippen MR) is 168 cm³/mol. The molecule has 190 valence electrons. The third-order valence-corrected chi connectivity index (χ3v) is 7.53. The molecule has 2 nitrogen and oxygen atoms in total. The molecule has 1 heterocycles. The van der Waals surface area contributed by atoms with Gasteiger partial charge in [-0.25, -0.2) is 4.68 Å². The van der Waals surface area contributed by atoms with Crippen LogP contribution in [0.5, 0.6) is 0 Å². The van der Waals surface area contributed by atoms with Gasteiger partial charge in [0, 0.05) is 17.1 Å². The highest BCUT2D eigenvalue weighted by atomic mass is 15.3. The first-order chi connectivity index (χ1) is 19.8. The van der Waals surface area contributed by atoms with Crippen molar-refractivity contribution in [3.05, 3.63) is 157 Å². The molecule has 6 aromatic carbocycles. The molecule has 0 unspecified atom stereocenters. The zero-order valence-electron chi connectivity index (χ0n) is 22.3. The molecule has 0 saturated carbocycles. The average Bonchev–Trinajstić information content (AvgIpc) is 3.47. The van der Waals surface area contributed by atoms with E-state index in [1.54, 1.807) is 0 Å². The SMILES string of the molecule is Cc1ccn(-c2cccc3c(-c4ccccc4)c(-c4ccccc4)c(-c4ccccc4)c(-c4ccccc4)c23)n1. The minimum atomic E-state index is 0.991. The van der Waals surface area contributed by atoms with E-state index in [9.17, 15) is 0 Å². The second kappa shape index (κ2) is 10.2. The molecule has 0 radical (unpaired) electrons. The molecule has 0 amide bonds. The van der Waals surface area contributed by atoms with E-state index in [-0.39, 0.29) is 0 Å². The molecule has 40 heavy (non-hydrogen) atoms. The second-order valence-electron chi connectivity index (χ2n) is 10.1. The molecule has 7 aromatic rings. The van der Waals surface area contributed by atoms with Gasteiger partial charge in [0.2, 0.25) is 0 Å². The van der Waals surface area contributed by atoms with Gasteiger partial charge in [0.25, 0.3) is 0 Å². The van der Waals surface area contributed by atoms with Crippen molar-refractivity contribution in [3.8, 4) is 50.2 Å². The Kier molecular flexibility index (Phi) is 6.07. The van der Waals surface area contributed by atoms with Crippen molar-refractivity contribution < 1.29 is 0 Å². The van der Waals surface area contributed by atoms with Crippen LogP contribution in [0, 0.1) is 6.92 Å². The van der Waals surface area contributed by atoms with Crippen molar-refractivity contribution >= 4 is 10.8 Å². The largest absolute Gasteiger partial charge is 0.240 e. The summed E-state index contributed by atoms with van der Waals surface area (Å²) < 4.78 is 2.02. The number of hydrogen-bond donors (Lipinski definition) is 0. The lowest BCUT2D eigenvalue weighted by Gasteiger charge is -2.25. The summed E-state index contributed by atoms with van der Waals surface area (Å²) in [5.74, 6) is 0. The van der Waals surface area contributed by atoms with E-state index >= 15 is 0 Å². The zero-order valence-corrected chi connectivity index (χ0v) is 22.3. The van der Waals surface area contributed by atoms with Crippen molar-refractivity contribution in [1.29, 1.82) is 0 Å². The van der Waals surface area contributed by atoms with Gasteiger partial charge in [-0.1, -0.05) is 133 Å². The number of nitrogens with zero attached hydrogens (tertiary/aromatic N) is 2. The van der Waals surface area contributed by atoms with E-state index in [0.29, 0.717) is 0 Å². The van der Waals surface area contributed by atoms with Crippen molar-refractivity contribution in [2.24, 2.45) is 0 Å². The highest BCUT2D eigenvalue weighted by Crippen LogP contribution is 2.51. The molecule has 7 rings (SSSR count). The molecule has 1 aromatic heterocycles. The van der Waals surface area contributed by atoms with Crippen LogP contribution in [0.15, 0.2) is 152 Å². The van der Waals surface area contributed by atoms with Gasteiger partial charge in [-0.3, -0.25) is 0 Å². The minimum Gasteiger partial charge on any atom is -0.240 e. The van der Waals surface area contributed by atoms with Crippen LogP contribution < -0.4 is 0 Å². The molecule has 0 bridgehead atoms. The Hall–Kier alpha value is -5.21. The van der Waals surface area contributed by atoms with Crippen LogP contribution in [0.2, 0.25) is 0 Å². The maximum atomic E-state index is 4.87. The van der Waals surface area contributed by atoms with Gasteiger partial charge in [0.15, 0.2) is 0 Å². The molecule has 0 atom stereocenters. The highest BCUT2D eigenvalue weighted by molar-refractivity contribution is 6.20. The topological polar surface area (TPSA) is 17.8 Å². The first kappa shape index (κ1) is 23.9. The standard InChI is InChI=1S/C38H28N2/c1-27-25-26-40(39-27)33-24-14-23-32-34(28-15-6-2-7-16-28)35(29-17-8-3-9-18-29)36(30-19-10-4-11-20-30)37(38(32)33)31-21-12-5-13-22-31/h2-26H,1H3. The summed E-state index contributed by atoms with van der Waals surface area (Å²) in [5.41, 5.74) is 11.7. The maximum absolute atomic E-state index is 4.87. The number of fused-ring (bicyclic) bond motifs is 1. The Balaban J connectivity index is 1.79. The van der Waals surface area contributed by atoms with Crippen LogP contribution in [0.1, 0.15) is 5.69 Å². The van der Waals surface area contributed by atoms with Crippen LogP contribution in [0.3, 0.4) is 0 Å². The average molecular weight is 513 g/mol. The predicted octanol–water partition coefficient (Wildman–Crippen LogP) is 10.0. The third-order valence-electron chi connectivity index (χ3n) is 7.53. The van der Waals surface area contributed by atoms with Gasteiger partial charge in [0.1, 0.15) is 0 Å². The van der Waals surface area contributed by atoms with E-state index in [1.807, 2.05) is 11.6 Å². The lowest BCUT2D eigenvalue weighted by atomic mass is 9.78. The number of benzene rings is 6. The number of hydrogen-bond acceptors (Lipinski definition) is 1. The molecule has 0 aliphatic rings. The molecule has 2 heteroatoms. The van der Waals surface area contributed by atoms with E-state index in [0.717, 1.165) is 11.4 Å². The quantitative estimate of drug-likeness (QED) is 0.224. The Morgan fingerprint density at radius 1 is 0.425 bits per heavy atom. The molecular weight excluding hydrogens is 484 g/mol. The lowest BCUT2D eigenvalue weighted by molar-refractivity contribution is 0.869. The molecular formula is C38H28N2. The smallest absolute Gasteiger partial charge is 0.0730 e. The number of aryl methyl sites for hydroxylation is 1. The van der Waals surface area contributed by atoms with Crippen LogP contribution in [0.4, 0.5) is 0 Å². The first-order valence-electron chi connectivity index (χ1n) is 13.7. The van der Waals surface area contributed by atoms with Crippen molar-refractivity contribution in [2.45, 2.75) is 6.92 Å². The van der Waals surface area contributed by atoms with E-state index < -0.39 is 0 Å². The summed E-state index contributed by atoms with van der Waals surface area (Å²) in [4.78, 5) is 0. The lowest BCUT2D eigenvalue weighted by Crippen LogP contribution is -2.02. The molecule has 0 saturated heterocycles. The fourth-order valence-corrected chi connectivity index (χ4v) is 5.85. The summed E-state index contributed by atoms with van der Waals surface area (Å²) in [6.07, 6.45) is 2.06. The van der Waals surface area contributed by atoms with Gasteiger partial charge < -0.3 is 0 Å². The third kappa shape index (κ3) is 4.11. The summed E-state index contributed by atoms with van der Waals surface area (Å²) in [7, 11) is 0. The van der Waals surface area contributed by atoms with Crippen molar-refractivity contribution in [3.63, 3.8) is 0 Å². The molecule has 0 fully saturated rings. The Morgan fingerprint density at radius 3 is 1.35 bits per heavy atom. The van der Waals surface area contributed by atoms with Crippen LogP contribution in [0.25, 0.3) is 61.0 Å². The minimum absolute atomic E-state index is 0.991. The summed E-state index contributed by atoms with van der Waals surface area (Å²) >= 11 is 0. The highest BCUT2D eigenvalue weighted by Gasteiger charge is 2.25. The van der Waals surface area contributed by atoms with E-state index in [2.05, 4.69) is 152 Å². The maximum Gasteiger partial charge on any atom is 0.0730 e. The Labute approximate surface area is 234 Å².